The van der Waals surface area contributed by atoms with Gasteiger partial charge >= 0.3 is 5.97 Å². The van der Waals surface area contributed by atoms with E-state index in [1.165, 1.54) is 24.4 Å². The first-order chi connectivity index (χ1) is 14.5. The van der Waals surface area contributed by atoms with E-state index in [4.69, 9.17) is 5.11 Å². The largest absolute Gasteiger partial charge is 0.477 e. The van der Waals surface area contributed by atoms with Gasteiger partial charge in [-0.3, -0.25) is 4.79 Å². The van der Waals surface area contributed by atoms with E-state index in [1.807, 2.05) is 23.6 Å². The molecule has 0 radical (unpaired) electrons. The number of thiophene rings is 1. The van der Waals surface area contributed by atoms with Crippen LogP contribution in [0.2, 0.25) is 0 Å². The number of carbonyl (C=O) groups excluding carboxylic acids is 1. The molecule has 0 bridgehead atoms. The molecule has 0 spiro atoms. The third kappa shape index (κ3) is 4.13. The topological polar surface area (TPSA) is 95.1 Å². The first-order valence-electron chi connectivity index (χ1n) is 9.00. The fourth-order valence-electron chi connectivity index (χ4n) is 2.98. The van der Waals surface area contributed by atoms with E-state index in [0.717, 1.165) is 10.6 Å². The molecular formula is C22H16FN3O3S. The van der Waals surface area contributed by atoms with Crippen LogP contribution in [0.3, 0.4) is 0 Å². The van der Waals surface area contributed by atoms with Crippen LogP contribution in [0.5, 0.6) is 0 Å². The van der Waals surface area contributed by atoms with Crippen LogP contribution in [0, 0.1) is 5.82 Å². The highest BCUT2D eigenvalue weighted by atomic mass is 32.1. The second-order valence-corrected chi connectivity index (χ2v) is 7.44. The van der Waals surface area contributed by atoms with Gasteiger partial charge in [-0.05, 0) is 46.8 Å². The van der Waals surface area contributed by atoms with Crippen molar-refractivity contribution in [1.82, 2.24) is 15.3 Å². The maximum atomic E-state index is 13.3. The van der Waals surface area contributed by atoms with Crippen molar-refractivity contribution in [2.45, 2.75) is 6.54 Å². The van der Waals surface area contributed by atoms with Crippen LogP contribution >= 0.6 is 11.3 Å². The molecule has 0 aliphatic rings. The van der Waals surface area contributed by atoms with Gasteiger partial charge in [0.15, 0.2) is 0 Å². The highest BCUT2D eigenvalue weighted by Crippen LogP contribution is 2.32. The molecule has 0 fully saturated rings. The Morgan fingerprint density at radius 2 is 1.93 bits per heavy atom. The molecular weight excluding hydrogens is 405 g/mol. The third-order valence-corrected chi connectivity index (χ3v) is 5.39. The predicted molar refractivity (Wildman–Crippen MR) is 112 cm³/mol. The van der Waals surface area contributed by atoms with E-state index in [-0.39, 0.29) is 24.0 Å². The minimum absolute atomic E-state index is 0.0615. The van der Waals surface area contributed by atoms with Gasteiger partial charge in [-0.15, -0.1) is 11.3 Å². The average Bonchev–Trinajstić information content (AvgIpc) is 3.43. The number of aromatic nitrogens is 2. The summed E-state index contributed by atoms with van der Waals surface area (Å²) in [4.78, 5) is 31.8. The van der Waals surface area contributed by atoms with Crippen LogP contribution in [0.4, 0.5) is 4.39 Å². The zero-order chi connectivity index (χ0) is 21.1. The average molecular weight is 421 g/mol. The highest BCUT2D eigenvalue weighted by Gasteiger charge is 2.18. The lowest BCUT2D eigenvalue weighted by molar-refractivity contribution is 0.0690. The number of aromatic carboxylic acids is 1. The van der Waals surface area contributed by atoms with Gasteiger partial charge in [0.2, 0.25) is 0 Å². The highest BCUT2D eigenvalue weighted by molar-refractivity contribution is 7.13. The number of pyridine rings is 1. The zero-order valence-electron chi connectivity index (χ0n) is 15.6. The Hall–Kier alpha value is -3.78. The van der Waals surface area contributed by atoms with Gasteiger partial charge in [-0.2, -0.15) is 0 Å². The van der Waals surface area contributed by atoms with Gasteiger partial charge in [-0.25, -0.2) is 14.2 Å². The number of halogens is 1. The molecule has 4 aromatic rings. The van der Waals surface area contributed by atoms with Crippen LogP contribution in [0.25, 0.3) is 21.7 Å². The Labute approximate surface area is 175 Å². The molecule has 1 aromatic carbocycles. The molecule has 150 valence electrons. The van der Waals surface area contributed by atoms with Crippen LogP contribution < -0.4 is 5.32 Å². The fraction of sp³-hybridized carbons (Fsp3) is 0.0455. The Bertz CT molecular complexity index is 1180. The van der Waals surface area contributed by atoms with Gasteiger partial charge in [0, 0.05) is 18.3 Å². The van der Waals surface area contributed by atoms with Crippen molar-refractivity contribution in [3.8, 4) is 21.7 Å². The van der Waals surface area contributed by atoms with Gasteiger partial charge in [0.1, 0.15) is 17.2 Å². The number of nitrogens with zero attached hydrogens (tertiary/aromatic N) is 1. The Balaban J connectivity index is 1.60. The third-order valence-electron chi connectivity index (χ3n) is 4.48. The smallest absolute Gasteiger partial charge is 0.354 e. The molecule has 0 saturated heterocycles. The molecule has 0 unspecified atom stereocenters. The molecule has 3 N–H and O–H groups in total. The van der Waals surface area contributed by atoms with Crippen molar-refractivity contribution in [1.29, 1.82) is 0 Å². The molecule has 0 aliphatic heterocycles. The van der Waals surface area contributed by atoms with Gasteiger partial charge in [-0.1, -0.05) is 24.3 Å². The maximum Gasteiger partial charge on any atom is 0.354 e. The number of amides is 1. The first kappa shape index (κ1) is 19.5. The molecule has 3 heterocycles. The SMILES string of the molecule is O=C(O)c1ccc(CNC(=O)c2[nH]c(-c3cccs3)cc2-c2ccc(F)cc2)cn1. The lowest BCUT2D eigenvalue weighted by Crippen LogP contribution is -2.24. The molecule has 6 nitrogen and oxygen atoms in total. The minimum atomic E-state index is -1.11. The number of carbonyl (C=O) groups is 2. The summed E-state index contributed by atoms with van der Waals surface area (Å²) in [6, 6.07) is 14.7. The quantitative estimate of drug-likeness (QED) is 0.425. The lowest BCUT2D eigenvalue weighted by atomic mass is 10.1. The Morgan fingerprint density at radius 3 is 2.57 bits per heavy atom. The molecule has 1 amide bonds. The molecule has 0 atom stereocenters. The van der Waals surface area contributed by atoms with Crippen LogP contribution in [-0.4, -0.2) is 27.0 Å². The monoisotopic (exact) mass is 421 g/mol. The van der Waals surface area contributed by atoms with Gasteiger partial charge in [0.25, 0.3) is 5.91 Å². The number of hydrogen-bond acceptors (Lipinski definition) is 4. The lowest BCUT2D eigenvalue weighted by Gasteiger charge is -2.07. The summed E-state index contributed by atoms with van der Waals surface area (Å²) in [5, 5.41) is 13.7. The number of H-pyrrole nitrogens is 1. The summed E-state index contributed by atoms with van der Waals surface area (Å²) in [6.07, 6.45) is 1.41. The first-order valence-corrected chi connectivity index (χ1v) is 9.88. The molecule has 3 aromatic heterocycles. The second kappa shape index (κ2) is 8.30. The number of carboxylic acids is 1. The zero-order valence-corrected chi connectivity index (χ0v) is 16.4. The molecule has 30 heavy (non-hydrogen) atoms. The standard InChI is InChI=1S/C22H16FN3O3S/c23-15-6-4-14(5-7-15)16-10-18(19-2-1-9-30-19)26-20(16)21(27)25-12-13-3-8-17(22(28)29)24-11-13/h1-11,26H,12H2,(H,25,27)(H,28,29). The number of rotatable bonds is 6. The van der Waals surface area contributed by atoms with E-state index in [2.05, 4.69) is 15.3 Å². The summed E-state index contributed by atoms with van der Waals surface area (Å²) in [5.41, 5.74) is 3.14. The molecule has 0 aliphatic carbocycles. The van der Waals surface area contributed by atoms with Crippen LogP contribution in [-0.2, 0) is 6.54 Å². The van der Waals surface area contributed by atoms with Gasteiger partial charge in [0.05, 0.1) is 10.6 Å². The Morgan fingerprint density at radius 1 is 1.13 bits per heavy atom. The van der Waals surface area contributed by atoms with Crippen molar-refractivity contribution in [3.63, 3.8) is 0 Å². The maximum absolute atomic E-state index is 13.3. The summed E-state index contributed by atoms with van der Waals surface area (Å²) in [7, 11) is 0. The van der Waals surface area contributed by atoms with Crippen molar-refractivity contribution in [2.75, 3.05) is 0 Å². The van der Waals surface area contributed by atoms with Crippen molar-refractivity contribution >= 4 is 23.2 Å². The minimum Gasteiger partial charge on any atom is -0.477 e. The number of benzene rings is 1. The summed E-state index contributed by atoms with van der Waals surface area (Å²) in [6.45, 7) is 0.182. The predicted octanol–water partition coefficient (Wildman–Crippen LogP) is 4.57. The summed E-state index contributed by atoms with van der Waals surface area (Å²) < 4.78 is 13.3. The van der Waals surface area contributed by atoms with Crippen molar-refractivity contribution in [2.24, 2.45) is 0 Å². The molecule has 4 rings (SSSR count). The van der Waals surface area contributed by atoms with Crippen molar-refractivity contribution in [3.05, 3.63) is 88.9 Å². The van der Waals surface area contributed by atoms with E-state index in [1.54, 1.807) is 29.5 Å². The second-order valence-electron chi connectivity index (χ2n) is 6.50. The fourth-order valence-corrected chi connectivity index (χ4v) is 3.68. The number of carboxylic acid groups (broad SMARTS) is 1. The summed E-state index contributed by atoms with van der Waals surface area (Å²) >= 11 is 1.54. The van der Waals surface area contributed by atoms with E-state index in [0.29, 0.717) is 22.4 Å². The number of nitrogens with one attached hydrogen (secondary N) is 2. The normalized spacial score (nSPS) is 10.7. The van der Waals surface area contributed by atoms with Crippen LogP contribution in [0.1, 0.15) is 26.5 Å². The van der Waals surface area contributed by atoms with Crippen molar-refractivity contribution < 1.29 is 19.1 Å². The molecule has 8 heteroatoms. The van der Waals surface area contributed by atoms with E-state index >= 15 is 0 Å². The Kier molecular flexibility index (Phi) is 5.40. The van der Waals surface area contributed by atoms with Crippen LogP contribution in [0.15, 0.2) is 66.2 Å². The summed E-state index contributed by atoms with van der Waals surface area (Å²) in [5.74, 6) is -1.79. The van der Waals surface area contributed by atoms with E-state index < -0.39 is 5.97 Å². The van der Waals surface area contributed by atoms with E-state index in [9.17, 15) is 14.0 Å². The number of hydrogen-bond donors (Lipinski definition) is 3. The number of aromatic amines is 1. The van der Waals surface area contributed by atoms with Gasteiger partial charge < -0.3 is 15.4 Å². The molecule has 0 saturated carbocycles.